The van der Waals surface area contributed by atoms with Gasteiger partial charge in [-0.15, -0.1) is 0 Å². The summed E-state index contributed by atoms with van der Waals surface area (Å²) in [5, 5.41) is 2.90. The van der Waals surface area contributed by atoms with Gasteiger partial charge in [0.15, 0.2) is 11.5 Å². The van der Waals surface area contributed by atoms with E-state index in [4.69, 9.17) is 18.9 Å². The normalized spacial score (nSPS) is 15.0. The Hall–Kier alpha value is -2.89. The molecule has 0 spiro atoms. The van der Waals surface area contributed by atoms with Crippen molar-refractivity contribution in [1.82, 2.24) is 0 Å². The number of anilines is 1. The second kappa shape index (κ2) is 7.56. The standard InChI is InChI=1S/C20H23NO5/c1-5-25-18-10-14-8-12(2)26-17(14)11-15(18)21-20(22)13-6-7-16(23-3)19(9-13)24-4/h6-7,9-12H,5,8H2,1-4H3,(H,21,22)/t12-/m0/s1. The van der Waals surface area contributed by atoms with E-state index in [1.807, 2.05) is 26.0 Å². The molecule has 0 bridgehead atoms. The molecule has 0 fully saturated rings. The maximum Gasteiger partial charge on any atom is 0.255 e. The van der Waals surface area contributed by atoms with Crippen molar-refractivity contribution < 1.29 is 23.7 Å². The van der Waals surface area contributed by atoms with Crippen LogP contribution >= 0.6 is 0 Å². The van der Waals surface area contributed by atoms with Crippen molar-refractivity contribution in [3.63, 3.8) is 0 Å². The van der Waals surface area contributed by atoms with Crippen LogP contribution in [0.15, 0.2) is 30.3 Å². The molecule has 0 unspecified atom stereocenters. The van der Waals surface area contributed by atoms with Crippen LogP contribution in [0.2, 0.25) is 0 Å². The van der Waals surface area contributed by atoms with Gasteiger partial charge in [0.2, 0.25) is 0 Å². The molecule has 2 aromatic rings. The molecule has 0 saturated heterocycles. The van der Waals surface area contributed by atoms with Crippen molar-refractivity contribution in [2.24, 2.45) is 0 Å². The van der Waals surface area contributed by atoms with Crippen LogP contribution in [0.5, 0.6) is 23.0 Å². The molecule has 1 N–H and O–H groups in total. The van der Waals surface area contributed by atoms with Crippen LogP contribution in [0.1, 0.15) is 29.8 Å². The predicted octanol–water partition coefficient (Wildman–Crippen LogP) is 3.68. The molecule has 6 nitrogen and oxygen atoms in total. The third-order valence-electron chi connectivity index (χ3n) is 4.19. The first kappa shape index (κ1) is 17.9. The molecule has 26 heavy (non-hydrogen) atoms. The number of amides is 1. The number of carbonyl (C=O) groups excluding carboxylic acids is 1. The average molecular weight is 357 g/mol. The Labute approximate surface area is 153 Å². The summed E-state index contributed by atoms with van der Waals surface area (Å²) in [6.45, 7) is 4.43. The van der Waals surface area contributed by atoms with Crippen molar-refractivity contribution >= 4 is 11.6 Å². The largest absolute Gasteiger partial charge is 0.493 e. The van der Waals surface area contributed by atoms with Gasteiger partial charge in [0.1, 0.15) is 17.6 Å². The molecule has 6 heteroatoms. The highest BCUT2D eigenvalue weighted by molar-refractivity contribution is 6.05. The number of carbonyl (C=O) groups is 1. The third-order valence-corrected chi connectivity index (χ3v) is 4.19. The zero-order chi connectivity index (χ0) is 18.7. The Kier molecular flexibility index (Phi) is 5.21. The summed E-state index contributed by atoms with van der Waals surface area (Å²) >= 11 is 0. The lowest BCUT2D eigenvalue weighted by Crippen LogP contribution is -2.13. The zero-order valence-corrected chi connectivity index (χ0v) is 15.4. The first-order valence-corrected chi connectivity index (χ1v) is 8.55. The highest BCUT2D eigenvalue weighted by Gasteiger charge is 2.23. The maximum atomic E-state index is 12.7. The van der Waals surface area contributed by atoms with Gasteiger partial charge in [-0.1, -0.05) is 0 Å². The number of nitrogens with one attached hydrogen (secondary N) is 1. The Morgan fingerprint density at radius 2 is 1.92 bits per heavy atom. The minimum Gasteiger partial charge on any atom is -0.493 e. The number of rotatable bonds is 6. The third kappa shape index (κ3) is 3.54. The molecule has 1 amide bonds. The molecular weight excluding hydrogens is 334 g/mol. The van der Waals surface area contributed by atoms with E-state index in [2.05, 4.69) is 5.32 Å². The van der Waals surface area contributed by atoms with Crippen molar-refractivity contribution in [2.75, 3.05) is 26.1 Å². The van der Waals surface area contributed by atoms with Gasteiger partial charge in [0.25, 0.3) is 5.91 Å². The second-order valence-corrected chi connectivity index (χ2v) is 6.05. The van der Waals surface area contributed by atoms with E-state index in [0.29, 0.717) is 35.1 Å². The topological polar surface area (TPSA) is 66.0 Å². The number of benzene rings is 2. The van der Waals surface area contributed by atoms with Gasteiger partial charge in [-0.2, -0.15) is 0 Å². The summed E-state index contributed by atoms with van der Waals surface area (Å²) in [6, 6.07) is 8.78. The minimum absolute atomic E-state index is 0.122. The first-order valence-electron chi connectivity index (χ1n) is 8.55. The summed E-state index contributed by atoms with van der Waals surface area (Å²) in [6.07, 6.45) is 0.954. The molecule has 0 radical (unpaired) electrons. The zero-order valence-electron chi connectivity index (χ0n) is 15.4. The molecule has 1 heterocycles. The molecule has 0 aromatic heterocycles. The van der Waals surface area contributed by atoms with E-state index in [0.717, 1.165) is 17.7 Å². The second-order valence-electron chi connectivity index (χ2n) is 6.05. The van der Waals surface area contributed by atoms with Gasteiger partial charge < -0.3 is 24.3 Å². The lowest BCUT2D eigenvalue weighted by Gasteiger charge is -2.14. The highest BCUT2D eigenvalue weighted by Crippen LogP contribution is 2.38. The summed E-state index contributed by atoms with van der Waals surface area (Å²) in [5.74, 6) is 2.22. The van der Waals surface area contributed by atoms with Crippen LogP contribution in [0.25, 0.3) is 0 Å². The van der Waals surface area contributed by atoms with E-state index >= 15 is 0 Å². The van der Waals surface area contributed by atoms with Crippen LogP contribution in [-0.2, 0) is 6.42 Å². The fraction of sp³-hybridized carbons (Fsp3) is 0.350. The molecule has 3 rings (SSSR count). The molecule has 1 atom stereocenters. The van der Waals surface area contributed by atoms with Crippen LogP contribution in [0.3, 0.4) is 0 Å². The number of hydrogen-bond acceptors (Lipinski definition) is 5. The smallest absolute Gasteiger partial charge is 0.255 e. The summed E-state index contributed by atoms with van der Waals surface area (Å²) in [7, 11) is 3.09. The quantitative estimate of drug-likeness (QED) is 0.854. The van der Waals surface area contributed by atoms with Crippen molar-refractivity contribution in [1.29, 1.82) is 0 Å². The van der Waals surface area contributed by atoms with Gasteiger partial charge >= 0.3 is 0 Å². The van der Waals surface area contributed by atoms with Gasteiger partial charge in [-0.25, -0.2) is 0 Å². The first-order chi connectivity index (χ1) is 12.5. The van der Waals surface area contributed by atoms with Gasteiger partial charge in [-0.3, -0.25) is 4.79 Å². The van der Waals surface area contributed by atoms with Crippen molar-refractivity contribution in [3.05, 3.63) is 41.5 Å². The van der Waals surface area contributed by atoms with Gasteiger partial charge in [0, 0.05) is 23.6 Å². The fourth-order valence-electron chi connectivity index (χ4n) is 2.98. The number of hydrogen-bond donors (Lipinski definition) is 1. The van der Waals surface area contributed by atoms with E-state index in [-0.39, 0.29) is 12.0 Å². The summed E-state index contributed by atoms with van der Waals surface area (Å²) in [4.78, 5) is 12.7. The SMILES string of the molecule is CCOc1cc2c(cc1NC(=O)c1ccc(OC)c(OC)c1)O[C@@H](C)C2. The van der Waals surface area contributed by atoms with Crippen LogP contribution in [0.4, 0.5) is 5.69 Å². The van der Waals surface area contributed by atoms with Crippen molar-refractivity contribution in [3.8, 4) is 23.0 Å². The number of ether oxygens (including phenoxy) is 4. The van der Waals surface area contributed by atoms with E-state index in [9.17, 15) is 4.79 Å². The molecule has 1 aliphatic heterocycles. The summed E-state index contributed by atoms with van der Waals surface area (Å²) in [5.41, 5.74) is 2.13. The van der Waals surface area contributed by atoms with Gasteiger partial charge in [0.05, 0.1) is 26.5 Å². The Balaban J connectivity index is 1.88. The fourth-order valence-corrected chi connectivity index (χ4v) is 2.98. The Morgan fingerprint density at radius 3 is 2.62 bits per heavy atom. The number of fused-ring (bicyclic) bond motifs is 1. The molecule has 0 saturated carbocycles. The molecular formula is C20H23NO5. The van der Waals surface area contributed by atoms with Crippen molar-refractivity contribution in [2.45, 2.75) is 26.4 Å². The van der Waals surface area contributed by atoms with E-state index in [1.165, 1.54) is 7.11 Å². The lowest BCUT2D eigenvalue weighted by atomic mass is 10.1. The predicted molar refractivity (Wildman–Crippen MR) is 98.9 cm³/mol. The molecule has 138 valence electrons. The lowest BCUT2D eigenvalue weighted by molar-refractivity contribution is 0.102. The number of methoxy groups -OCH3 is 2. The maximum absolute atomic E-state index is 12.7. The van der Waals surface area contributed by atoms with Crippen LogP contribution in [0, 0.1) is 0 Å². The monoisotopic (exact) mass is 357 g/mol. The Morgan fingerprint density at radius 1 is 1.15 bits per heavy atom. The van der Waals surface area contributed by atoms with Crippen LogP contribution < -0.4 is 24.3 Å². The molecule has 1 aliphatic rings. The Bertz CT molecular complexity index is 818. The van der Waals surface area contributed by atoms with E-state index < -0.39 is 0 Å². The van der Waals surface area contributed by atoms with E-state index in [1.54, 1.807) is 25.3 Å². The van der Waals surface area contributed by atoms with Gasteiger partial charge in [-0.05, 0) is 38.1 Å². The molecule has 2 aromatic carbocycles. The van der Waals surface area contributed by atoms with Crippen LogP contribution in [-0.4, -0.2) is 32.8 Å². The minimum atomic E-state index is -0.266. The summed E-state index contributed by atoms with van der Waals surface area (Å²) < 4.78 is 22.0. The molecule has 0 aliphatic carbocycles. The highest BCUT2D eigenvalue weighted by atomic mass is 16.5. The average Bonchev–Trinajstić information content (AvgIpc) is 3.00.